The molecule has 2 nitrogen and oxygen atoms in total. The van der Waals surface area contributed by atoms with Gasteiger partial charge in [-0.15, -0.1) is 11.3 Å². The van der Waals surface area contributed by atoms with Crippen LogP contribution in [0.15, 0.2) is 24.3 Å². The van der Waals surface area contributed by atoms with Gasteiger partial charge in [-0.1, -0.05) is 29.8 Å². The van der Waals surface area contributed by atoms with Crippen molar-refractivity contribution in [2.24, 2.45) is 0 Å². The molecule has 0 unspecified atom stereocenters. The number of benzene rings is 1. The second-order valence-corrected chi connectivity index (χ2v) is 6.05. The van der Waals surface area contributed by atoms with E-state index in [4.69, 9.17) is 12.2 Å². The van der Waals surface area contributed by atoms with E-state index in [1.807, 2.05) is 11.5 Å². The lowest BCUT2D eigenvalue weighted by atomic mass is 10.1. The number of hydrogen-bond donors (Lipinski definition) is 0. The molecule has 4 heteroatoms. The first kappa shape index (κ1) is 13.2. The van der Waals surface area contributed by atoms with E-state index in [1.165, 1.54) is 22.5 Å². The largest absolute Gasteiger partial charge is 0.322 e. The van der Waals surface area contributed by atoms with E-state index in [-0.39, 0.29) is 5.78 Å². The number of nitrogens with zero attached hydrogens (tertiary/aromatic N) is 1. The first-order valence-corrected chi connectivity index (χ1v) is 6.98. The van der Waals surface area contributed by atoms with Crippen molar-refractivity contribution in [3.63, 3.8) is 0 Å². The van der Waals surface area contributed by atoms with Gasteiger partial charge in [0.25, 0.3) is 0 Å². The maximum absolute atomic E-state index is 11.5. The fourth-order valence-electron chi connectivity index (χ4n) is 1.86. The Morgan fingerprint density at radius 3 is 2.39 bits per heavy atom. The molecule has 0 saturated carbocycles. The second-order valence-electron chi connectivity index (χ2n) is 4.41. The summed E-state index contributed by atoms with van der Waals surface area (Å²) in [5.41, 5.74) is 3.42. The van der Waals surface area contributed by atoms with E-state index in [9.17, 15) is 4.79 Å². The highest BCUT2D eigenvalue weighted by molar-refractivity contribution is 7.73. The van der Waals surface area contributed by atoms with Crippen LogP contribution in [0.25, 0.3) is 0 Å². The standard InChI is InChI=1S/C14H15NOS2/c1-9-4-6-12(7-5-9)8-15-10(2)13(11(3)16)18-14(15)17/h4-7H,8H2,1-3H3. The maximum Gasteiger partial charge on any atom is 0.171 e. The summed E-state index contributed by atoms with van der Waals surface area (Å²) in [7, 11) is 0. The van der Waals surface area contributed by atoms with Gasteiger partial charge in [0.05, 0.1) is 4.88 Å². The molecule has 2 rings (SSSR count). The Bertz CT molecular complexity index is 635. The highest BCUT2D eigenvalue weighted by Crippen LogP contribution is 2.21. The minimum absolute atomic E-state index is 0.0891. The number of thiazole rings is 1. The Kier molecular flexibility index (Phi) is 3.78. The lowest BCUT2D eigenvalue weighted by Crippen LogP contribution is -2.03. The molecular formula is C14H15NOS2. The van der Waals surface area contributed by atoms with Crippen LogP contribution in [0.3, 0.4) is 0 Å². The van der Waals surface area contributed by atoms with Gasteiger partial charge >= 0.3 is 0 Å². The molecule has 0 atom stereocenters. The molecule has 0 saturated heterocycles. The minimum Gasteiger partial charge on any atom is -0.322 e. The van der Waals surface area contributed by atoms with Crippen LogP contribution in [0.1, 0.15) is 33.4 Å². The van der Waals surface area contributed by atoms with E-state index in [1.54, 1.807) is 6.92 Å². The normalized spacial score (nSPS) is 10.6. The molecule has 2 aromatic rings. The third kappa shape index (κ3) is 2.60. The van der Waals surface area contributed by atoms with Gasteiger partial charge in [0.15, 0.2) is 9.74 Å². The summed E-state index contributed by atoms with van der Waals surface area (Å²) < 4.78 is 2.79. The predicted octanol–water partition coefficient (Wildman–Crippen LogP) is 4.15. The summed E-state index contributed by atoms with van der Waals surface area (Å²) >= 11 is 6.73. The molecule has 0 amide bonds. The number of carbonyl (C=O) groups is 1. The lowest BCUT2D eigenvalue weighted by Gasteiger charge is -2.06. The van der Waals surface area contributed by atoms with Crippen molar-refractivity contribution in [1.82, 2.24) is 4.57 Å². The zero-order chi connectivity index (χ0) is 13.3. The van der Waals surface area contributed by atoms with Gasteiger partial charge in [-0.3, -0.25) is 4.79 Å². The van der Waals surface area contributed by atoms with Crippen LogP contribution in [0.4, 0.5) is 0 Å². The Balaban J connectivity index is 2.38. The Morgan fingerprint density at radius 2 is 1.89 bits per heavy atom. The van der Waals surface area contributed by atoms with E-state index < -0.39 is 0 Å². The number of hydrogen-bond acceptors (Lipinski definition) is 3. The molecule has 1 aromatic heterocycles. The van der Waals surface area contributed by atoms with Crippen molar-refractivity contribution in [1.29, 1.82) is 0 Å². The summed E-state index contributed by atoms with van der Waals surface area (Å²) in [6.07, 6.45) is 0. The van der Waals surface area contributed by atoms with Gasteiger partial charge in [-0.25, -0.2) is 0 Å². The number of Topliss-reactive ketones (excluding diaryl/α,β-unsaturated/α-hetero) is 1. The SMILES string of the molecule is CC(=O)c1sc(=S)n(Cc2ccc(C)cc2)c1C. The first-order valence-electron chi connectivity index (χ1n) is 5.75. The van der Waals surface area contributed by atoms with Crippen molar-refractivity contribution in [3.05, 3.63) is 49.9 Å². The fraction of sp³-hybridized carbons (Fsp3) is 0.286. The van der Waals surface area contributed by atoms with Gasteiger partial charge in [0.1, 0.15) is 0 Å². The molecule has 0 N–H and O–H groups in total. The number of aromatic nitrogens is 1. The molecule has 94 valence electrons. The van der Waals surface area contributed by atoms with Crippen molar-refractivity contribution in [3.8, 4) is 0 Å². The number of carbonyl (C=O) groups excluding carboxylic acids is 1. The highest BCUT2D eigenvalue weighted by Gasteiger charge is 2.12. The molecule has 1 heterocycles. The third-order valence-electron chi connectivity index (χ3n) is 2.92. The van der Waals surface area contributed by atoms with Crippen molar-refractivity contribution < 1.29 is 4.79 Å². The molecule has 0 aliphatic carbocycles. The second kappa shape index (κ2) is 5.16. The topological polar surface area (TPSA) is 22.0 Å². The monoisotopic (exact) mass is 277 g/mol. The average Bonchev–Trinajstić information content (AvgIpc) is 2.60. The molecule has 0 bridgehead atoms. The van der Waals surface area contributed by atoms with Gasteiger partial charge in [-0.2, -0.15) is 0 Å². The Morgan fingerprint density at radius 1 is 1.28 bits per heavy atom. The summed E-state index contributed by atoms with van der Waals surface area (Å²) in [5, 5.41) is 0. The van der Waals surface area contributed by atoms with Gasteiger partial charge in [0, 0.05) is 19.2 Å². The van der Waals surface area contributed by atoms with Crippen molar-refractivity contribution in [2.75, 3.05) is 0 Å². The van der Waals surface area contributed by atoms with E-state index in [0.29, 0.717) is 0 Å². The van der Waals surface area contributed by atoms with Crippen LogP contribution >= 0.6 is 23.6 Å². The molecule has 18 heavy (non-hydrogen) atoms. The van der Waals surface area contributed by atoms with Crippen LogP contribution in [0.2, 0.25) is 0 Å². The molecule has 0 radical (unpaired) electrons. The van der Waals surface area contributed by atoms with Crippen LogP contribution in [0, 0.1) is 17.8 Å². The molecule has 0 aliphatic heterocycles. The fourth-order valence-corrected chi connectivity index (χ4v) is 3.20. The predicted molar refractivity (Wildman–Crippen MR) is 78.2 cm³/mol. The quantitative estimate of drug-likeness (QED) is 0.621. The summed E-state index contributed by atoms with van der Waals surface area (Å²) in [6, 6.07) is 8.38. The third-order valence-corrected chi connectivity index (χ3v) is 4.58. The molecule has 0 spiro atoms. The minimum atomic E-state index is 0.0891. The smallest absolute Gasteiger partial charge is 0.171 e. The molecule has 0 fully saturated rings. The number of ketones is 1. The molecule has 1 aromatic carbocycles. The van der Waals surface area contributed by atoms with Gasteiger partial charge in [0.2, 0.25) is 0 Å². The maximum atomic E-state index is 11.5. The van der Waals surface area contributed by atoms with Crippen molar-refractivity contribution in [2.45, 2.75) is 27.3 Å². The van der Waals surface area contributed by atoms with Gasteiger partial charge < -0.3 is 4.57 Å². The summed E-state index contributed by atoms with van der Waals surface area (Å²) in [6.45, 7) is 6.34. The number of aryl methyl sites for hydroxylation is 1. The Labute approximate surface area is 116 Å². The number of rotatable bonds is 3. The van der Waals surface area contributed by atoms with Crippen LogP contribution in [0.5, 0.6) is 0 Å². The molecule has 0 aliphatic rings. The lowest BCUT2D eigenvalue weighted by molar-refractivity contribution is 0.102. The van der Waals surface area contributed by atoms with Crippen LogP contribution in [-0.2, 0) is 6.54 Å². The molecular weight excluding hydrogens is 262 g/mol. The van der Waals surface area contributed by atoms with Crippen molar-refractivity contribution >= 4 is 29.3 Å². The van der Waals surface area contributed by atoms with Crippen LogP contribution in [-0.4, -0.2) is 10.4 Å². The zero-order valence-electron chi connectivity index (χ0n) is 10.7. The van der Waals surface area contributed by atoms with E-state index in [0.717, 1.165) is 21.1 Å². The highest BCUT2D eigenvalue weighted by atomic mass is 32.1. The Hall–Kier alpha value is -1.26. The van der Waals surface area contributed by atoms with Gasteiger partial charge in [-0.05, 0) is 31.6 Å². The van der Waals surface area contributed by atoms with Crippen LogP contribution < -0.4 is 0 Å². The zero-order valence-corrected chi connectivity index (χ0v) is 12.3. The van der Waals surface area contributed by atoms with E-state index in [2.05, 4.69) is 31.2 Å². The first-order chi connectivity index (χ1) is 8.49. The summed E-state index contributed by atoms with van der Waals surface area (Å²) in [4.78, 5) is 12.3. The van der Waals surface area contributed by atoms with E-state index >= 15 is 0 Å². The average molecular weight is 277 g/mol. The summed E-state index contributed by atoms with van der Waals surface area (Å²) in [5.74, 6) is 0.0891.